The smallest absolute Gasteiger partial charge is 0.322 e. The number of rotatable bonds is 6. The summed E-state index contributed by atoms with van der Waals surface area (Å²) >= 11 is 0. The van der Waals surface area contributed by atoms with Gasteiger partial charge in [-0.05, 0) is 64.7 Å². The molecule has 0 saturated carbocycles. The van der Waals surface area contributed by atoms with Crippen LogP contribution in [0.1, 0.15) is 21.5 Å². The topological polar surface area (TPSA) is 118 Å². The highest BCUT2D eigenvalue weighted by Crippen LogP contribution is 2.33. The fraction of sp³-hybridized carbons (Fsp3) is 0.0938. The molecule has 9 nitrogen and oxygen atoms in total. The molecular formula is C32H23FN4O5S. The number of nitrogens with zero attached hydrogens (tertiary/aromatic N) is 2. The molecule has 2 aliphatic heterocycles. The number of imide groups is 1. The molecule has 2 aliphatic rings. The Morgan fingerprint density at radius 2 is 1.58 bits per heavy atom. The van der Waals surface area contributed by atoms with Gasteiger partial charge >= 0.3 is 6.03 Å². The second-order valence-corrected chi connectivity index (χ2v) is 12.4. The van der Waals surface area contributed by atoms with Crippen molar-refractivity contribution in [2.45, 2.75) is 17.0 Å². The highest BCUT2D eigenvalue weighted by atomic mass is 32.2. The van der Waals surface area contributed by atoms with E-state index >= 15 is 0 Å². The number of amides is 4. The number of aromatic nitrogens is 1. The molecule has 11 heteroatoms. The van der Waals surface area contributed by atoms with E-state index < -0.39 is 39.2 Å². The predicted molar refractivity (Wildman–Crippen MR) is 156 cm³/mol. The molecule has 3 heterocycles. The molecule has 4 amide bonds. The largest absolute Gasteiger partial charge is 0.331 e. The zero-order valence-corrected chi connectivity index (χ0v) is 23.3. The van der Waals surface area contributed by atoms with Gasteiger partial charge in [0.2, 0.25) is 0 Å². The fourth-order valence-corrected chi connectivity index (χ4v) is 7.18. The van der Waals surface area contributed by atoms with E-state index in [2.05, 4.69) is 10.6 Å². The highest BCUT2D eigenvalue weighted by molar-refractivity contribution is 7.90. The first kappa shape index (κ1) is 26.6. The molecule has 1 aromatic heterocycles. The SMILES string of the molecule is O=C1NC(=O)[C@](CN2Cc3ccc(F)cc3C2=O)(c2ccc(-c3ccc4c(ccn4S(=O)(=O)c4ccccc4)c3)cc2)N1. The first-order valence-electron chi connectivity index (χ1n) is 13.4. The molecule has 5 aromatic rings. The van der Waals surface area contributed by atoms with Gasteiger partial charge in [-0.2, -0.15) is 0 Å². The molecule has 0 bridgehead atoms. The Bertz CT molecular complexity index is 2080. The summed E-state index contributed by atoms with van der Waals surface area (Å²) in [5, 5.41) is 5.71. The quantitative estimate of drug-likeness (QED) is 0.283. The second kappa shape index (κ2) is 9.63. The Morgan fingerprint density at radius 1 is 0.837 bits per heavy atom. The first-order valence-corrected chi connectivity index (χ1v) is 14.8. The van der Waals surface area contributed by atoms with Gasteiger partial charge in [0.05, 0.1) is 17.0 Å². The number of halogens is 1. The Balaban J connectivity index is 1.19. The lowest BCUT2D eigenvalue weighted by molar-refractivity contribution is -0.124. The summed E-state index contributed by atoms with van der Waals surface area (Å²) in [4.78, 5) is 40.1. The van der Waals surface area contributed by atoms with Crippen molar-refractivity contribution in [1.29, 1.82) is 0 Å². The first-order chi connectivity index (χ1) is 20.7. The maximum absolute atomic E-state index is 13.8. The van der Waals surface area contributed by atoms with E-state index in [0.717, 1.165) is 16.5 Å². The number of fused-ring (bicyclic) bond motifs is 2. The summed E-state index contributed by atoms with van der Waals surface area (Å²) in [5.74, 6) is -1.55. The molecular weight excluding hydrogens is 571 g/mol. The third kappa shape index (κ3) is 4.28. The molecule has 2 N–H and O–H groups in total. The van der Waals surface area contributed by atoms with E-state index in [1.807, 2.05) is 12.1 Å². The van der Waals surface area contributed by atoms with Gasteiger partial charge < -0.3 is 10.2 Å². The average molecular weight is 595 g/mol. The minimum Gasteiger partial charge on any atom is -0.331 e. The Labute approximate surface area is 245 Å². The Kier molecular flexibility index (Phi) is 5.96. The summed E-state index contributed by atoms with van der Waals surface area (Å²) in [6.07, 6.45) is 1.53. The van der Waals surface area contributed by atoms with Crippen LogP contribution in [-0.2, 0) is 26.9 Å². The van der Waals surface area contributed by atoms with Gasteiger partial charge in [-0.3, -0.25) is 14.9 Å². The van der Waals surface area contributed by atoms with Crippen LogP contribution in [0.25, 0.3) is 22.0 Å². The molecule has 0 aliphatic carbocycles. The average Bonchev–Trinajstić information content (AvgIpc) is 3.67. The molecule has 1 saturated heterocycles. The normalized spacial score (nSPS) is 18.2. The minimum atomic E-state index is -3.77. The van der Waals surface area contributed by atoms with Crippen molar-refractivity contribution in [1.82, 2.24) is 19.5 Å². The van der Waals surface area contributed by atoms with Crippen molar-refractivity contribution in [3.05, 3.63) is 126 Å². The van der Waals surface area contributed by atoms with Crippen molar-refractivity contribution in [3.8, 4) is 11.1 Å². The summed E-state index contributed by atoms with van der Waals surface area (Å²) in [6, 6.07) is 25.7. The van der Waals surface area contributed by atoms with Crippen LogP contribution in [0.3, 0.4) is 0 Å². The van der Waals surface area contributed by atoms with Crippen LogP contribution in [0, 0.1) is 5.82 Å². The number of nitrogens with one attached hydrogen (secondary N) is 2. The number of carbonyl (C=O) groups excluding carboxylic acids is 3. The zero-order chi connectivity index (χ0) is 29.9. The lowest BCUT2D eigenvalue weighted by Gasteiger charge is -2.31. The Hall–Kier alpha value is -5.29. The molecule has 1 atom stereocenters. The van der Waals surface area contributed by atoms with Crippen LogP contribution in [0.15, 0.2) is 108 Å². The van der Waals surface area contributed by atoms with Crippen molar-refractivity contribution in [2.75, 3.05) is 6.54 Å². The molecule has 214 valence electrons. The molecule has 7 rings (SSSR count). The highest BCUT2D eigenvalue weighted by Gasteiger charge is 2.50. The standard InChI is InChI=1S/C32H23FN4O5S/c33-25-12-8-23-18-36(29(38)27(23)17-25)19-32(30(39)34-31(40)35-32)24-10-6-20(7-11-24)21-9-13-28-22(16-21)14-15-37(28)43(41,42)26-4-2-1-3-5-26/h1-17H,18-19H2,(H2,34,35,39,40)/t32-/m0/s1. The van der Waals surface area contributed by atoms with E-state index in [9.17, 15) is 27.2 Å². The minimum absolute atomic E-state index is 0.144. The second-order valence-electron chi connectivity index (χ2n) is 10.6. The maximum atomic E-state index is 13.8. The third-order valence-electron chi connectivity index (χ3n) is 7.99. The summed E-state index contributed by atoms with van der Waals surface area (Å²) in [5.41, 5.74) is 1.94. The lowest BCUT2D eigenvalue weighted by Crippen LogP contribution is -2.52. The third-order valence-corrected chi connectivity index (χ3v) is 9.69. The predicted octanol–water partition coefficient (Wildman–Crippen LogP) is 4.38. The van der Waals surface area contributed by atoms with E-state index in [-0.39, 0.29) is 23.5 Å². The molecule has 0 unspecified atom stereocenters. The number of carbonyl (C=O) groups is 3. The fourth-order valence-electron chi connectivity index (χ4n) is 5.80. The number of hydrogen-bond donors (Lipinski definition) is 2. The molecule has 4 aromatic carbocycles. The van der Waals surface area contributed by atoms with Crippen LogP contribution in [-0.4, -0.2) is 41.7 Å². The van der Waals surface area contributed by atoms with Gasteiger partial charge in [0.25, 0.3) is 21.8 Å². The maximum Gasteiger partial charge on any atom is 0.322 e. The van der Waals surface area contributed by atoms with Gasteiger partial charge in [0.15, 0.2) is 5.54 Å². The van der Waals surface area contributed by atoms with Crippen molar-refractivity contribution >= 4 is 38.8 Å². The van der Waals surface area contributed by atoms with Crippen molar-refractivity contribution in [3.63, 3.8) is 0 Å². The lowest BCUT2D eigenvalue weighted by atomic mass is 9.88. The van der Waals surface area contributed by atoms with Crippen LogP contribution in [0.4, 0.5) is 9.18 Å². The number of hydrogen-bond acceptors (Lipinski definition) is 5. The van der Waals surface area contributed by atoms with E-state index in [0.29, 0.717) is 16.6 Å². The van der Waals surface area contributed by atoms with Crippen molar-refractivity contribution in [2.24, 2.45) is 0 Å². The monoisotopic (exact) mass is 594 g/mol. The van der Waals surface area contributed by atoms with Crippen molar-refractivity contribution < 1.29 is 27.2 Å². The molecule has 0 radical (unpaired) electrons. The number of benzene rings is 4. The van der Waals surface area contributed by atoms with Gasteiger partial charge in [0, 0.05) is 23.7 Å². The summed E-state index contributed by atoms with van der Waals surface area (Å²) in [6.45, 7) is 0.0332. The van der Waals surface area contributed by atoms with Crippen LogP contribution in [0.2, 0.25) is 0 Å². The molecule has 0 spiro atoms. The van der Waals surface area contributed by atoms with Gasteiger partial charge in [-0.15, -0.1) is 0 Å². The number of urea groups is 1. The van der Waals surface area contributed by atoms with Gasteiger partial charge in [0.1, 0.15) is 5.82 Å². The molecule has 43 heavy (non-hydrogen) atoms. The van der Waals surface area contributed by atoms with Gasteiger partial charge in [-0.1, -0.05) is 54.6 Å². The molecule has 1 fully saturated rings. The van der Waals surface area contributed by atoms with E-state index in [4.69, 9.17) is 0 Å². The summed E-state index contributed by atoms with van der Waals surface area (Å²) in [7, 11) is -3.77. The van der Waals surface area contributed by atoms with Gasteiger partial charge in [-0.25, -0.2) is 21.6 Å². The zero-order valence-electron chi connectivity index (χ0n) is 22.5. The van der Waals surface area contributed by atoms with Crippen LogP contribution >= 0.6 is 0 Å². The van der Waals surface area contributed by atoms with E-state index in [1.54, 1.807) is 72.8 Å². The Morgan fingerprint density at radius 3 is 2.30 bits per heavy atom. The summed E-state index contributed by atoms with van der Waals surface area (Å²) < 4.78 is 41.4. The van der Waals surface area contributed by atoms with Crippen LogP contribution < -0.4 is 10.6 Å². The van der Waals surface area contributed by atoms with E-state index in [1.165, 1.54) is 27.2 Å². The van der Waals surface area contributed by atoms with Crippen LogP contribution in [0.5, 0.6) is 0 Å².